The summed E-state index contributed by atoms with van der Waals surface area (Å²) in [4.78, 5) is 24.6. The molecule has 0 radical (unpaired) electrons. The van der Waals surface area contributed by atoms with E-state index < -0.39 is 36.4 Å². The Morgan fingerprint density at radius 2 is 1.60 bits per heavy atom. The standard InChI is InChI=1S/C21H26NO7P/c1-4-28-30(26,29-5-2)21(20(23)16-11-7-6-8-12-16)18(15-22(24)25)17-13-9-10-14-19(17)27-3/h6-14,18,21H,4-5,15H2,1-3H3/t18-,21+/m0/s1. The highest BCUT2D eigenvalue weighted by Crippen LogP contribution is 2.59. The lowest BCUT2D eigenvalue weighted by atomic mass is 9.90. The molecule has 2 atom stereocenters. The molecule has 2 aromatic carbocycles. The van der Waals surface area contributed by atoms with Crippen molar-refractivity contribution in [3.63, 3.8) is 0 Å². The molecule has 0 aliphatic carbocycles. The van der Waals surface area contributed by atoms with Gasteiger partial charge < -0.3 is 13.8 Å². The van der Waals surface area contributed by atoms with Gasteiger partial charge in [-0.3, -0.25) is 19.5 Å². The molecular weight excluding hydrogens is 409 g/mol. The zero-order chi connectivity index (χ0) is 22.1. The maximum atomic E-state index is 13.8. The maximum absolute atomic E-state index is 13.8. The third-order valence-corrected chi connectivity index (χ3v) is 7.06. The fourth-order valence-electron chi connectivity index (χ4n) is 3.38. The Morgan fingerprint density at radius 1 is 1.03 bits per heavy atom. The highest BCUT2D eigenvalue weighted by atomic mass is 31.2. The fraction of sp³-hybridized carbons (Fsp3) is 0.381. The van der Waals surface area contributed by atoms with E-state index in [2.05, 4.69) is 0 Å². The molecule has 30 heavy (non-hydrogen) atoms. The van der Waals surface area contributed by atoms with Gasteiger partial charge in [-0.05, 0) is 19.9 Å². The average Bonchev–Trinajstić information content (AvgIpc) is 2.73. The summed E-state index contributed by atoms with van der Waals surface area (Å²) >= 11 is 0. The van der Waals surface area contributed by atoms with Gasteiger partial charge in [-0.15, -0.1) is 0 Å². The van der Waals surface area contributed by atoms with Crippen LogP contribution in [0.5, 0.6) is 5.75 Å². The second-order valence-electron chi connectivity index (χ2n) is 6.41. The molecule has 0 heterocycles. The molecule has 0 aliphatic heterocycles. The number of methoxy groups -OCH3 is 1. The minimum absolute atomic E-state index is 0.0208. The number of Topliss-reactive ketones (excluding diaryl/α,β-unsaturated/α-hetero) is 1. The Hall–Kier alpha value is -2.54. The molecule has 2 rings (SSSR count). The number of para-hydroxylation sites is 1. The van der Waals surface area contributed by atoms with E-state index in [9.17, 15) is 19.5 Å². The first kappa shape index (κ1) is 23.7. The number of benzene rings is 2. The lowest BCUT2D eigenvalue weighted by molar-refractivity contribution is -0.483. The van der Waals surface area contributed by atoms with Crippen LogP contribution in [0, 0.1) is 10.1 Å². The second-order valence-corrected chi connectivity index (χ2v) is 8.57. The molecule has 0 fully saturated rings. The number of carbonyl (C=O) groups is 1. The summed E-state index contributed by atoms with van der Waals surface area (Å²) in [6.07, 6.45) is 0. The SMILES string of the molecule is CCOP(=O)(OCC)[C@@H](C(=O)c1ccccc1)[C@@H](C[N+](=O)[O-])c1ccccc1OC. The summed E-state index contributed by atoms with van der Waals surface area (Å²) in [6.45, 7) is 2.65. The van der Waals surface area contributed by atoms with Crippen molar-refractivity contribution in [3.8, 4) is 5.75 Å². The van der Waals surface area contributed by atoms with Crippen molar-refractivity contribution < 1.29 is 28.1 Å². The Bertz CT molecular complexity index is 893. The van der Waals surface area contributed by atoms with Crippen molar-refractivity contribution in [3.05, 3.63) is 75.8 Å². The minimum Gasteiger partial charge on any atom is -0.496 e. The number of hydrogen-bond donors (Lipinski definition) is 0. The summed E-state index contributed by atoms with van der Waals surface area (Å²) in [5.41, 5.74) is -0.752. The summed E-state index contributed by atoms with van der Waals surface area (Å²) < 4.78 is 30.1. The highest BCUT2D eigenvalue weighted by Gasteiger charge is 2.49. The molecule has 8 nitrogen and oxygen atoms in total. The summed E-state index contributed by atoms with van der Waals surface area (Å²) in [7, 11) is -2.64. The average molecular weight is 435 g/mol. The van der Waals surface area contributed by atoms with E-state index >= 15 is 0 Å². The molecule has 0 aliphatic rings. The van der Waals surface area contributed by atoms with E-state index in [1.807, 2.05) is 0 Å². The topological polar surface area (TPSA) is 105 Å². The molecular formula is C21H26NO7P. The molecule has 9 heteroatoms. The first-order valence-corrected chi connectivity index (χ1v) is 11.2. The van der Waals surface area contributed by atoms with Gasteiger partial charge in [0.2, 0.25) is 6.54 Å². The lowest BCUT2D eigenvalue weighted by Crippen LogP contribution is -2.34. The molecule has 0 unspecified atom stereocenters. The van der Waals surface area contributed by atoms with E-state index in [1.54, 1.807) is 68.4 Å². The smallest absolute Gasteiger partial charge is 0.342 e. The number of nitro groups is 1. The highest BCUT2D eigenvalue weighted by molar-refractivity contribution is 7.56. The van der Waals surface area contributed by atoms with Crippen molar-refractivity contribution >= 4 is 13.4 Å². The van der Waals surface area contributed by atoms with Crippen LogP contribution < -0.4 is 4.74 Å². The quantitative estimate of drug-likeness (QED) is 0.208. The largest absolute Gasteiger partial charge is 0.496 e. The number of nitrogens with zero attached hydrogens (tertiary/aromatic N) is 1. The first-order chi connectivity index (χ1) is 14.4. The van der Waals surface area contributed by atoms with Crippen LogP contribution >= 0.6 is 7.60 Å². The van der Waals surface area contributed by atoms with Crippen LogP contribution in [0.1, 0.15) is 35.7 Å². The first-order valence-electron chi connectivity index (χ1n) is 9.60. The summed E-state index contributed by atoms with van der Waals surface area (Å²) in [6, 6.07) is 14.9. The van der Waals surface area contributed by atoms with E-state index in [0.29, 0.717) is 11.3 Å². The Kier molecular flexibility index (Phi) is 8.72. The zero-order valence-electron chi connectivity index (χ0n) is 17.2. The molecule has 2 aromatic rings. The van der Waals surface area contributed by atoms with Crippen LogP contribution in [0.15, 0.2) is 54.6 Å². The van der Waals surface area contributed by atoms with Crippen molar-refractivity contribution in [1.82, 2.24) is 0 Å². The third kappa shape index (κ3) is 5.53. The van der Waals surface area contributed by atoms with Gasteiger partial charge in [0.25, 0.3) is 0 Å². The van der Waals surface area contributed by atoms with E-state index in [0.717, 1.165) is 0 Å². The molecule has 0 spiro atoms. The third-order valence-electron chi connectivity index (χ3n) is 4.55. The Balaban J connectivity index is 2.73. The zero-order valence-corrected chi connectivity index (χ0v) is 18.1. The van der Waals surface area contributed by atoms with Gasteiger partial charge in [0.1, 0.15) is 11.4 Å². The van der Waals surface area contributed by atoms with Gasteiger partial charge in [0, 0.05) is 16.1 Å². The molecule has 0 saturated carbocycles. The number of hydrogen-bond acceptors (Lipinski definition) is 7. The van der Waals surface area contributed by atoms with Gasteiger partial charge in [0.15, 0.2) is 5.78 Å². The summed E-state index contributed by atoms with van der Waals surface area (Å²) in [5, 5.41) is 11.6. The minimum atomic E-state index is -4.07. The van der Waals surface area contributed by atoms with Gasteiger partial charge in [-0.2, -0.15) is 0 Å². The molecule has 162 valence electrons. The van der Waals surface area contributed by atoms with E-state index in [4.69, 9.17) is 13.8 Å². The van der Waals surface area contributed by atoms with Gasteiger partial charge in [0.05, 0.1) is 26.2 Å². The van der Waals surface area contributed by atoms with Crippen molar-refractivity contribution in [1.29, 1.82) is 0 Å². The van der Waals surface area contributed by atoms with Crippen LogP contribution in [0.25, 0.3) is 0 Å². The second kappa shape index (κ2) is 11.0. The molecule has 0 bridgehead atoms. The monoisotopic (exact) mass is 435 g/mol. The number of ether oxygens (including phenoxy) is 1. The molecule has 0 N–H and O–H groups in total. The van der Waals surface area contributed by atoms with Crippen molar-refractivity contribution in [2.75, 3.05) is 26.9 Å². The molecule has 0 amide bonds. The molecule has 0 saturated heterocycles. The van der Waals surface area contributed by atoms with Crippen LogP contribution in [0.2, 0.25) is 0 Å². The number of carbonyl (C=O) groups excluding carboxylic acids is 1. The Morgan fingerprint density at radius 3 is 2.13 bits per heavy atom. The normalized spacial score (nSPS) is 13.4. The predicted octanol–water partition coefficient (Wildman–Crippen LogP) is 4.57. The van der Waals surface area contributed by atoms with Crippen LogP contribution in [-0.4, -0.2) is 43.2 Å². The van der Waals surface area contributed by atoms with Crippen molar-refractivity contribution in [2.24, 2.45) is 0 Å². The lowest BCUT2D eigenvalue weighted by Gasteiger charge is -2.30. The predicted molar refractivity (Wildman–Crippen MR) is 113 cm³/mol. The fourth-order valence-corrected chi connectivity index (χ4v) is 5.63. The Labute approximate surface area is 175 Å². The molecule has 0 aromatic heterocycles. The number of rotatable bonds is 12. The maximum Gasteiger partial charge on any atom is 0.342 e. The van der Waals surface area contributed by atoms with E-state index in [-0.39, 0.29) is 18.8 Å². The van der Waals surface area contributed by atoms with Gasteiger partial charge in [-0.25, -0.2) is 0 Å². The van der Waals surface area contributed by atoms with Crippen LogP contribution in [0.3, 0.4) is 0 Å². The van der Waals surface area contributed by atoms with Crippen LogP contribution in [-0.2, 0) is 13.6 Å². The van der Waals surface area contributed by atoms with Crippen LogP contribution in [0.4, 0.5) is 0 Å². The van der Waals surface area contributed by atoms with Gasteiger partial charge >= 0.3 is 7.60 Å². The van der Waals surface area contributed by atoms with Crippen molar-refractivity contribution in [2.45, 2.75) is 25.4 Å². The number of ketones is 1. The van der Waals surface area contributed by atoms with Gasteiger partial charge in [-0.1, -0.05) is 48.5 Å². The van der Waals surface area contributed by atoms with E-state index in [1.165, 1.54) is 7.11 Å². The summed E-state index contributed by atoms with van der Waals surface area (Å²) in [5.74, 6) is -1.28.